The van der Waals surface area contributed by atoms with Crippen LogP contribution in [0, 0.1) is 0 Å². The second kappa shape index (κ2) is 10.0. The predicted octanol–water partition coefficient (Wildman–Crippen LogP) is 2.43. The maximum Gasteiger partial charge on any atom is 0.222 e. The van der Waals surface area contributed by atoms with Gasteiger partial charge in [-0.25, -0.2) is 4.99 Å². The van der Waals surface area contributed by atoms with Gasteiger partial charge in [0.15, 0.2) is 5.96 Å². The Labute approximate surface area is 153 Å². The van der Waals surface area contributed by atoms with E-state index < -0.39 is 0 Å². The van der Waals surface area contributed by atoms with E-state index in [4.69, 9.17) is 0 Å². The molecule has 1 amide bonds. The molecule has 124 valence electrons. The first-order valence-electron chi connectivity index (χ1n) is 7.56. The number of hydrogen-bond acceptors (Lipinski definition) is 3. The van der Waals surface area contributed by atoms with Gasteiger partial charge in [-0.1, -0.05) is 6.92 Å². The highest BCUT2D eigenvalue weighted by Gasteiger charge is 2.25. The summed E-state index contributed by atoms with van der Waals surface area (Å²) in [5.41, 5.74) is 1.23. The van der Waals surface area contributed by atoms with E-state index in [2.05, 4.69) is 39.4 Å². The molecule has 7 heteroatoms. The summed E-state index contributed by atoms with van der Waals surface area (Å²) >= 11 is 1.69. The van der Waals surface area contributed by atoms with E-state index in [-0.39, 0.29) is 29.9 Å². The van der Waals surface area contributed by atoms with Crippen molar-refractivity contribution in [2.24, 2.45) is 4.99 Å². The molecule has 0 bridgehead atoms. The summed E-state index contributed by atoms with van der Waals surface area (Å²) in [5, 5.41) is 10.9. The van der Waals surface area contributed by atoms with E-state index in [0.717, 1.165) is 32.0 Å². The molecule has 1 aromatic heterocycles. The van der Waals surface area contributed by atoms with Crippen LogP contribution in [-0.4, -0.2) is 42.4 Å². The van der Waals surface area contributed by atoms with Gasteiger partial charge in [-0.2, -0.15) is 11.3 Å². The molecule has 1 fully saturated rings. The molecular weight excluding hydrogens is 411 g/mol. The number of thiophene rings is 1. The molecule has 0 saturated carbocycles. The van der Waals surface area contributed by atoms with E-state index in [9.17, 15) is 4.79 Å². The topological polar surface area (TPSA) is 56.7 Å². The average Bonchev–Trinajstić information content (AvgIpc) is 3.15. The van der Waals surface area contributed by atoms with Gasteiger partial charge in [0.2, 0.25) is 5.91 Å². The van der Waals surface area contributed by atoms with Crippen LogP contribution in [-0.2, 0) is 11.3 Å². The van der Waals surface area contributed by atoms with Crippen LogP contribution in [0.15, 0.2) is 21.8 Å². The van der Waals surface area contributed by atoms with E-state index in [1.807, 2.05) is 11.8 Å². The number of likely N-dealkylation sites (tertiary alicyclic amines) is 1. The summed E-state index contributed by atoms with van der Waals surface area (Å²) in [7, 11) is 0. The van der Waals surface area contributed by atoms with Gasteiger partial charge >= 0.3 is 0 Å². The molecular formula is C15H25IN4OS. The van der Waals surface area contributed by atoms with Crippen molar-refractivity contribution in [3.8, 4) is 0 Å². The zero-order chi connectivity index (χ0) is 15.1. The minimum Gasteiger partial charge on any atom is -0.357 e. The highest BCUT2D eigenvalue weighted by atomic mass is 127. The standard InChI is InChI=1S/C15H24N4OS.HI/c1-3-14(20)19-7-5-13(10-19)18-15(16-4-2)17-9-12-6-8-21-11-12;/h6,8,11,13H,3-5,7,9-10H2,1-2H3,(H2,16,17,18);1H. The smallest absolute Gasteiger partial charge is 0.222 e. The van der Waals surface area contributed by atoms with E-state index in [1.165, 1.54) is 5.56 Å². The Morgan fingerprint density at radius 1 is 1.50 bits per heavy atom. The van der Waals surface area contributed by atoms with Crippen LogP contribution in [0.4, 0.5) is 0 Å². The Bertz CT molecular complexity index is 478. The van der Waals surface area contributed by atoms with Crippen LogP contribution in [0.2, 0.25) is 0 Å². The van der Waals surface area contributed by atoms with Crippen molar-refractivity contribution in [1.82, 2.24) is 15.5 Å². The third kappa shape index (κ3) is 5.75. The molecule has 2 rings (SSSR count). The van der Waals surface area contributed by atoms with Gasteiger partial charge in [-0.3, -0.25) is 4.79 Å². The molecule has 2 N–H and O–H groups in total. The van der Waals surface area contributed by atoms with Crippen LogP contribution in [0.25, 0.3) is 0 Å². The van der Waals surface area contributed by atoms with Crippen molar-refractivity contribution in [2.45, 2.75) is 39.3 Å². The second-order valence-corrected chi connectivity index (χ2v) is 5.93. The normalized spacial score (nSPS) is 18.0. The van der Waals surface area contributed by atoms with Gasteiger partial charge in [-0.05, 0) is 35.7 Å². The molecule has 0 aliphatic carbocycles. The average molecular weight is 436 g/mol. The first kappa shape index (κ1) is 19.2. The number of nitrogens with zero attached hydrogens (tertiary/aromatic N) is 2. The molecule has 1 aliphatic heterocycles. The summed E-state index contributed by atoms with van der Waals surface area (Å²) in [6.07, 6.45) is 1.56. The number of nitrogens with one attached hydrogen (secondary N) is 2. The zero-order valence-electron chi connectivity index (χ0n) is 13.2. The summed E-state index contributed by atoms with van der Waals surface area (Å²) < 4.78 is 0. The van der Waals surface area contributed by atoms with Gasteiger partial charge in [-0.15, -0.1) is 24.0 Å². The minimum absolute atomic E-state index is 0. The Balaban J connectivity index is 0.00000242. The molecule has 0 radical (unpaired) electrons. The summed E-state index contributed by atoms with van der Waals surface area (Å²) in [6.45, 7) is 7.10. The summed E-state index contributed by atoms with van der Waals surface area (Å²) in [6, 6.07) is 2.38. The zero-order valence-corrected chi connectivity index (χ0v) is 16.3. The van der Waals surface area contributed by atoms with Crippen molar-refractivity contribution in [3.63, 3.8) is 0 Å². The number of guanidine groups is 1. The number of amides is 1. The van der Waals surface area contributed by atoms with E-state index in [1.54, 1.807) is 11.3 Å². The van der Waals surface area contributed by atoms with Crippen LogP contribution in [0.5, 0.6) is 0 Å². The number of halogens is 1. The van der Waals surface area contributed by atoms with Gasteiger partial charge in [0.1, 0.15) is 0 Å². The maximum absolute atomic E-state index is 11.7. The van der Waals surface area contributed by atoms with Crippen molar-refractivity contribution in [3.05, 3.63) is 22.4 Å². The van der Waals surface area contributed by atoms with Crippen LogP contribution < -0.4 is 10.6 Å². The van der Waals surface area contributed by atoms with Crippen molar-refractivity contribution < 1.29 is 4.79 Å². The van der Waals surface area contributed by atoms with E-state index in [0.29, 0.717) is 19.0 Å². The molecule has 5 nitrogen and oxygen atoms in total. The van der Waals surface area contributed by atoms with E-state index >= 15 is 0 Å². The third-order valence-corrected chi connectivity index (χ3v) is 4.26. The molecule has 2 heterocycles. The monoisotopic (exact) mass is 436 g/mol. The SMILES string of the molecule is CCNC(=NCc1ccsc1)NC1CCN(C(=O)CC)C1.I. The fraction of sp³-hybridized carbons (Fsp3) is 0.600. The van der Waals surface area contributed by atoms with Crippen molar-refractivity contribution >= 4 is 47.2 Å². The first-order chi connectivity index (χ1) is 10.2. The van der Waals surface area contributed by atoms with Crippen LogP contribution >= 0.6 is 35.3 Å². The second-order valence-electron chi connectivity index (χ2n) is 5.15. The lowest BCUT2D eigenvalue weighted by Crippen LogP contribution is -2.45. The maximum atomic E-state index is 11.7. The Morgan fingerprint density at radius 2 is 2.32 bits per heavy atom. The van der Waals surface area contributed by atoms with Gasteiger partial charge in [0, 0.05) is 32.1 Å². The molecule has 1 atom stereocenters. The lowest BCUT2D eigenvalue weighted by Gasteiger charge is -2.18. The van der Waals surface area contributed by atoms with Crippen LogP contribution in [0.1, 0.15) is 32.3 Å². The number of hydrogen-bond donors (Lipinski definition) is 2. The van der Waals surface area contributed by atoms with Crippen molar-refractivity contribution in [1.29, 1.82) is 0 Å². The van der Waals surface area contributed by atoms with Crippen molar-refractivity contribution in [2.75, 3.05) is 19.6 Å². The first-order valence-corrected chi connectivity index (χ1v) is 8.50. The molecule has 1 unspecified atom stereocenters. The molecule has 1 aliphatic rings. The lowest BCUT2D eigenvalue weighted by atomic mass is 10.3. The Kier molecular flexibility index (Phi) is 8.77. The highest BCUT2D eigenvalue weighted by Crippen LogP contribution is 2.11. The molecule has 1 aromatic rings. The highest BCUT2D eigenvalue weighted by molar-refractivity contribution is 14.0. The summed E-state index contributed by atoms with van der Waals surface area (Å²) in [4.78, 5) is 18.2. The predicted molar refractivity (Wildman–Crippen MR) is 103 cm³/mol. The number of carbonyl (C=O) groups is 1. The number of carbonyl (C=O) groups excluding carboxylic acids is 1. The van der Waals surface area contributed by atoms with Gasteiger partial charge in [0.05, 0.1) is 6.54 Å². The van der Waals surface area contributed by atoms with Crippen LogP contribution in [0.3, 0.4) is 0 Å². The molecule has 1 saturated heterocycles. The fourth-order valence-corrected chi connectivity index (χ4v) is 3.05. The quantitative estimate of drug-likeness (QED) is 0.424. The largest absolute Gasteiger partial charge is 0.357 e. The fourth-order valence-electron chi connectivity index (χ4n) is 2.39. The molecule has 22 heavy (non-hydrogen) atoms. The number of rotatable bonds is 5. The van der Waals surface area contributed by atoms with Gasteiger partial charge in [0.25, 0.3) is 0 Å². The van der Waals surface area contributed by atoms with Gasteiger partial charge < -0.3 is 15.5 Å². The molecule has 0 spiro atoms. The minimum atomic E-state index is 0. The molecule has 0 aromatic carbocycles. The Hall–Kier alpha value is -0.830. The third-order valence-electron chi connectivity index (χ3n) is 3.53. The lowest BCUT2D eigenvalue weighted by molar-refractivity contribution is -0.129. The Morgan fingerprint density at radius 3 is 2.95 bits per heavy atom. The number of aliphatic imine (C=N–C) groups is 1. The summed E-state index contributed by atoms with van der Waals surface area (Å²) in [5.74, 6) is 1.07.